The first-order valence-electron chi connectivity index (χ1n) is 5.56. The Morgan fingerprint density at radius 2 is 1.95 bits per heavy atom. The molecule has 0 aliphatic heterocycles. The van der Waals surface area contributed by atoms with E-state index in [0.29, 0.717) is 12.2 Å². The molecule has 1 aromatic heterocycles. The molecule has 0 saturated carbocycles. The second-order valence-electron chi connectivity index (χ2n) is 3.84. The van der Waals surface area contributed by atoms with Gasteiger partial charge in [0.1, 0.15) is 5.69 Å². The normalized spacial score (nSPS) is 10.3. The zero-order valence-corrected chi connectivity index (χ0v) is 13.3. The fourth-order valence-corrected chi connectivity index (χ4v) is 2.90. The molecule has 0 saturated heterocycles. The van der Waals surface area contributed by atoms with Crippen LogP contribution in [0.4, 0.5) is 5.69 Å². The maximum Gasteiger partial charge on any atom is 0.354 e. The number of para-hydroxylation sites is 1. The summed E-state index contributed by atoms with van der Waals surface area (Å²) >= 11 is 6.97. The summed E-state index contributed by atoms with van der Waals surface area (Å²) in [4.78, 5) is 14.3. The summed E-state index contributed by atoms with van der Waals surface area (Å²) < 4.78 is 6.59. The minimum atomic E-state index is -0.367. The zero-order chi connectivity index (χ0) is 13.8. The number of nitrogens with one attached hydrogen (secondary N) is 2. The molecule has 0 radical (unpaired) electrons. The first-order valence-corrected chi connectivity index (χ1v) is 7.14. The number of hydrogen-bond donors (Lipinski definition) is 2. The molecule has 0 unspecified atom stereocenters. The summed E-state index contributed by atoms with van der Waals surface area (Å²) in [6.45, 7) is 0.582. The van der Waals surface area contributed by atoms with Gasteiger partial charge in [0, 0.05) is 14.6 Å². The molecule has 0 fully saturated rings. The van der Waals surface area contributed by atoms with E-state index in [-0.39, 0.29) is 5.97 Å². The van der Waals surface area contributed by atoms with Crippen LogP contribution in [0.2, 0.25) is 0 Å². The second kappa shape index (κ2) is 6.25. The van der Waals surface area contributed by atoms with Crippen molar-refractivity contribution in [1.82, 2.24) is 4.98 Å². The Hall–Kier alpha value is -1.27. The van der Waals surface area contributed by atoms with Gasteiger partial charge in [0.15, 0.2) is 0 Å². The van der Waals surface area contributed by atoms with Crippen LogP contribution in [0.3, 0.4) is 0 Å². The van der Waals surface area contributed by atoms with Gasteiger partial charge in [0.25, 0.3) is 0 Å². The molecular formula is C13H12Br2N2O2. The summed E-state index contributed by atoms with van der Waals surface area (Å²) in [6.07, 6.45) is 0. The largest absolute Gasteiger partial charge is 0.464 e. The van der Waals surface area contributed by atoms with Crippen molar-refractivity contribution in [1.29, 1.82) is 0 Å². The number of carbonyl (C=O) groups is 1. The van der Waals surface area contributed by atoms with Crippen molar-refractivity contribution in [3.8, 4) is 0 Å². The fraction of sp³-hybridized carbons (Fsp3) is 0.154. The summed E-state index contributed by atoms with van der Waals surface area (Å²) in [5, 5.41) is 3.29. The molecule has 2 rings (SSSR count). The van der Waals surface area contributed by atoms with E-state index in [1.807, 2.05) is 24.3 Å². The molecule has 0 atom stereocenters. The molecule has 2 aromatic rings. The minimum absolute atomic E-state index is 0.367. The molecule has 19 heavy (non-hydrogen) atoms. The lowest BCUT2D eigenvalue weighted by molar-refractivity contribution is 0.0594. The maximum atomic E-state index is 11.3. The molecule has 1 aromatic carbocycles. The molecule has 0 amide bonds. The highest BCUT2D eigenvalue weighted by atomic mass is 79.9. The number of aromatic amines is 1. The zero-order valence-electron chi connectivity index (χ0n) is 10.2. The van der Waals surface area contributed by atoms with E-state index < -0.39 is 0 Å². The SMILES string of the molecule is COC(=O)c1ccc(CNc2c(Br)cccc2Br)[nH]1. The number of ether oxygens (including phenoxy) is 1. The van der Waals surface area contributed by atoms with Crippen LogP contribution in [-0.2, 0) is 11.3 Å². The first kappa shape index (κ1) is 14.1. The Bertz CT molecular complexity index is 576. The van der Waals surface area contributed by atoms with Crippen LogP contribution in [0.1, 0.15) is 16.2 Å². The van der Waals surface area contributed by atoms with Gasteiger partial charge in [-0.05, 0) is 56.1 Å². The maximum absolute atomic E-state index is 11.3. The number of halogens is 2. The number of H-pyrrole nitrogens is 1. The lowest BCUT2D eigenvalue weighted by atomic mass is 10.3. The van der Waals surface area contributed by atoms with Crippen molar-refractivity contribution < 1.29 is 9.53 Å². The van der Waals surface area contributed by atoms with Crippen molar-refractivity contribution in [2.24, 2.45) is 0 Å². The summed E-state index contributed by atoms with van der Waals surface area (Å²) in [6, 6.07) is 9.43. The van der Waals surface area contributed by atoms with Gasteiger partial charge in [-0.25, -0.2) is 4.79 Å². The van der Waals surface area contributed by atoms with Crippen molar-refractivity contribution in [3.05, 3.63) is 50.7 Å². The van der Waals surface area contributed by atoms with E-state index in [2.05, 4.69) is 46.9 Å². The average Bonchev–Trinajstić information content (AvgIpc) is 2.86. The van der Waals surface area contributed by atoms with E-state index in [1.54, 1.807) is 6.07 Å². The van der Waals surface area contributed by atoms with Crippen LogP contribution in [0.5, 0.6) is 0 Å². The quantitative estimate of drug-likeness (QED) is 0.781. The molecule has 100 valence electrons. The van der Waals surface area contributed by atoms with Gasteiger partial charge in [-0.2, -0.15) is 0 Å². The predicted octanol–water partition coefficient (Wildman–Crippen LogP) is 3.94. The van der Waals surface area contributed by atoms with Crippen LogP contribution < -0.4 is 5.32 Å². The van der Waals surface area contributed by atoms with Crippen LogP contribution in [-0.4, -0.2) is 18.1 Å². The van der Waals surface area contributed by atoms with E-state index in [0.717, 1.165) is 20.3 Å². The molecule has 0 spiro atoms. The summed E-state index contributed by atoms with van der Waals surface area (Å²) in [5.74, 6) is -0.367. The third kappa shape index (κ3) is 3.39. The van der Waals surface area contributed by atoms with Crippen LogP contribution in [0.15, 0.2) is 39.3 Å². The van der Waals surface area contributed by atoms with Gasteiger partial charge in [0.05, 0.1) is 19.3 Å². The smallest absolute Gasteiger partial charge is 0.354 e. The number of aromatic nitrogens is 1. The van der Waals surface area contributed by atoms with Gasteiger partial charge in [-0.1, -0.05) is 6.07 Å². The molecular weight excluding hydrogens is 376 g/mol. The lowest BCUT2D eigenvalue weighted by Crippen LogP contribution is -2.04. The predicted molar refractivity (Wildman–Crippen MR) is 81.3 cm³/mol. The van der Waals surface area contributed by atoms with Gasteiger partial charge in [0.2, 0.25) is 0 Å². The Kier molecular flexibility index (Phi) is 4.66. The van der Waals surface area contributed by atoms with Gasteiger partial charge < -0.3 is 15.0 Å². The molecule has 0 aliphatic carbocycles. The number of benzene rings is 1. The third-order valence-corrected chi connectivity index (χ3v) is 3.89. The first-order chi connectivity index (χ1) is 9.11. The summed E-state index contributed by atoms with van der Waals surface area (Å²) in [5.41, 5.74) is 2.32. The highest BCUT2D eigenvalue weighted by Gasteiger charge is 2.09. The average molecular weight is 388 g/mol. The number of hydrogen-bond acceptors (Lipinski definition) is 3. The standard InChI is InChI=1S/C13H12Br2N2O2/c1-19-13(18)11-6-5-8(17-11)7-16-12-9(14)3-2-4-10(12)15/h2-6,16-17H,7H2,1H3. The van der Waals surface area contributed by atoms with E-state index in [9.17, 15) is 4.79 Å². The fourth-order valence-electron chi connectivity index (χ4n) is 1.62. The van der Waals surface area contributed by atoms with E-state index in [1.165, 1.54) is 7.11 Å². The number of rotatable bonds is 4. The number of methoxy groups -OCH3 is 1. The third-order valence-electron chi connectivity index (χ3n) is 2.57. The van der Waals surface area contributed by atoms with Crippen molar-refractivity contribution in [3.63, 3.8) is 0 Å². The molecule has 0 bridgehead atoms. The minimum Gasteiger partial charge on any atom is -0.464 e. The Balaban J connectivity index is 2.07. The van der Waals surface area contributed by atoms with Gasteiger partial charge in [-0.3, -0.25) is 0 Å². The molecule has 4 nitrogen and oxygen atoms in total. The van der Waals surface area contributed by atoms with Crippen molar-refractivity contribution in [2.75, 3.05) is 12.4 Å². The van der Waals surface area contributed by atoms with Crippen molar-refractivity contribution in [2.45, 2.75) is 6.54 Å². The lowest BCUT2D eigenvalue weighted by Gasteiger charge is -2.09. The van der Waals surface area contributed by atoms with E-state index in [4.69, 9.17) is 0 Å². The highest BCUT2D eigenvalue weighted by Crippen LogP contribution is 2.30. The highest BCUT2D eigenvalue weighted by molar-refractivity contribution is 9.11. The molecule has 1 heterocycles. The van der Waals surface area contributed by atoms with Crippen LogP contribution in [0.25, 0.3) is 0 Å². The van der Waals surface area contributed by atoms with Crippen molar-refractivity contribution >= 4 is 43.5 Å². The summed E-state index contributed by atoms with van der Waals surface area (Å²) in [7, 11) is 1.36. The molecule has 2 N–H and O–H groups in total. The Morgan fingerprint density at radius 3 is 2.58 bits per heavy atom. The second-order valence-corrected chi connectivity index (χ2v) is 5.55. The number of anilines is 1. The van der Waals surface area contributed by atoms with Crippen LogP contribution >= 0.6 is 31.9 Å². The number of esters is 1. The Labute approximate surface area is 127 Å². The number of carbonyl (C=O) groups excluding carboxylic acids is 1. The molecule has 6 heteroatoms. The van der Waals surface area contributed by atoms with Gasteiger partial charge in [-0.15, -0.1) is 0 Å². The van der Waals surface area contributed by atoms with Gasteiger partial charge >= 0.3 is 5.97 Å². The Morgan fingerprint density at radius 1 is 1.26 bits per heavy atom. The molecule has 0 aliphatic rings. The van der Waals surface area contributed by atoms with Crippen LogP contribution in [0, 0.1) is 0 Å². The topological polar surface area (TPSA) is 54.1 Å². The monoisotopic (exact) mass is 386 g/mol. The van der Waals surface area contributed by atoms with E-state index >= 15 is 0 Å².